The highest BCUT2D eigenvalue weighted by molar-refractivity contribution is 7.93. The lowest BCUT2D eigenvalue weighted by molar-refractivity contribution is 0.593. The molecule has 3 aromatic heterocycles. The molecular weight excluding hydrogens is 374 g/mol. The van der Waals surface area contributed by atoms with E-state index in [1.807, 2.05) is 54.6 Å². The van der Waals surface area contributed by atoms with Crippen LogP contribution in [0.2, 0.25) is 0 Å². The Morgan fingerprint density at radius 3 is 2.59 bits per heavy atom. The van der Waals surface area contributed by atoms with Crippen LogP contribution in [0.25, 0.3) is 33.0 Å². The monoisotopic (exact) mass is 393 g/mol. The Morgan fingerprint density at radius 1 is 1.04 bits per heavy atom. The molecule has 0 bridgehead atoms. The Morgan fingerprint density at radius 2 is 1.85 bits per heavy atom. The quantitative estimate of drug-likeness (QED) is 0.416. The SMILES string of the molecule is CCCC[S+]([O-])c1cc2c(-c3ccccc3)nc(-c3ccccn3)nc2s1. The second-order valence-electron chi connectivity index (χ2n) is 6.16. The minimum absolute atomic E-state index is 0.592. The fraction of sp³-hybridized carbons (Fsp3) is 0.190. The number of fused-ring (bicyclic) bond motifs is 1. The first kappa shape index (κ1) is 18.1. The summed E-state index contributed by atoms with van der Waals surface area (Å²) in [6.07, 6.45) is 3.73. The smallest absolute Gasteiger partial charge is 0.209 e. The number of unbranched alkanes of at least 4 members (excludes halogenated alkanes) is 1. The van der Waals surface area contributed by atoms with Crippen LogP contribution in [0.5, 0.6) is 0 Å². The van der Waals surface area contributed by atoms with Gasteiger partial charge in [0.1, 0.15) is 16.3 Å². The van der Waals surface area contributed by atoms with Gasteiger partial charge in [-0.05, 0) is 29.7 Å². The molecule has 3 heterocycles. The molecule has 4 rings (SSSR count). The fourth-order valence-electron chi connectivity index (χ4n) is 2.81. The van der Waals surface area contributed by atoms with E-state index in [0.29, 0.717) is 11.6 Å². The maximum Gasteiger partial charge on any atom is 0.209 e. The number of rotatable bonds is 6. The highest BCUT2D eigenvalue weighted by atomic mass is 32.2. The summed E-state index contributed by atoms with van der Waals surface area (Å²) < 4.78 is 13.5. The summed E-state index contributed by atoms with van der Waals surface area (Å²) in [6.45, 7) is 2.11. The molecule has 4 nitrogen and oxygen atoms in total. The molecule has 136 valence electrons. The van der Waals surface area contributed by atoms with Gasteiger partial charge in [-0.2, -0.15) is 0 Å². The zero-order valence-electron chi connectivity index (χ0n) is 15.0. The maximum absolute atomic E-state index is 12.6. The highest BCUT2D eigenvalue weighted by Crippen LogP contribution is 2.35. The van der Waals surface area contributed by atoms with Crippen LogP contribution in [0, 0.1) is 0 Å². The van der Waals surface area contributed by atoms with E-state index in [1.165, 1.54) is 11.3 Å². The molecule has 0 radical (unpaired) electrons. The van der Waals surface area contributed by atoms with Gasteiger partial charge in [-0.25, -0.2) is 9.97 Å². The number of pyridine rings is 1. The molecule has 0 spiro atoms. The van der Waals surface area contributed by atoms with Gasteiger partial charge in [0.2, 0.25) is 4.21 Å². The van der Waals surface area contributed by atoms with Gasteiger partial charge in [-0.1, -0.05) is 61.1 Å². The maximum atomic E-state index is 12.6. The standard InChI is InChI=1S/C21H19N3OS2/c1-2-3-13-27(25)18-14-16-19(15-9-5-4-6-10-15)23-20(24-21(16)26-18)17-11-7-8-12-22-17/h4-12,14H,2-3,13H2,1H3. The van der Waals surface area contributed by atoms with Crippen LogP contribution >= 0.6 is 11.3 Å². The molecule has 0 fully saturated rings. The second kappa shape index (κ2) is 8.17. The molecule has 0 N–H and O–H groups in total. The van der Waals surface area contributed by atoms with Gasteiger partial charge in [0.05, 0.1) is 5.69 Å². The van der Waals surface area contributed by atoms with Crippen molar-refractivity contribution in [2.24, 2.45) is 0 Å². The molecule has 0 saturated heterocycles. The molecule has 4 aromatic rings. The first-order valence-electron chi connectivity index (χ1n) is 8.93. The molecule has 1 aromatic carbocycles. The van der Waals surface area contributed by atoms with E-state index in [0.717, 1.165) is 44.2 Å². The zero-order valence-corrected chi connectivity index (χ0v) is 16.6. The van der Waals surface area contributed by atoms with Crippen molar-refractivity contribution in [2.75, 3.05) is 5.75 Å². The Labute approximate surface area is 165 Å². The average molecular weight is 394 g/mol. The minimum Gasteiger partial charge on any atom is -0.611 e. The highest BCUT2D eigenvalue weighted by Gasteiger charge is 2.20. The molecule has 0 aliphatic rings. The van der Waals surface area contributed by atoms with Crippen molar-refractivity contribution in [2.45, 2.75) is 24.0 Å². The lowest BCUT2D eigenvalue weighted by atomic mass is 10.1. The summed E-state index contributed by atoms with van der Waals surface area (Å²) in [5.41, 5.74) is 2.61. The van der Waals surface area contributed by atoms with Gasteiger partial charge >= 0.3 is 0 Å². The fourth-order valence-corrected chi connectivity index (χ4v) is 5.44. The number of hydrogen-bond acceptors (Lipinski definition) is 5. The summed E-state index contributed by atoms with van der Waals surface area (Å²) in [7, 11) is 0. The third kappa shape index (κ3) is 3.88. The number of thiophene rings is 1. The van der Waals surface area contributed by atoms with Gasteiger partial charge in [0.25, 0.3) is 0 Å². The van der Waals surface area contributed by atoms with Crippen molar-refractivity contribution in [3.05, 3.63) is 60.8 Å². The molecule has 0 amide bonds. The number of nitrogens with zero attached hydrogens (tertiary/aromatic N) is 3. The lowest BCUT2D eigenvalue weighted by Crippen LogP contribution is -2.04. The van der Waals surface area contributed by atoms with Crippen molar-refractivity contribution in [3.8, 4) is 22.8 Å². The lowest BCUT2D eigenvalue weighted by Gasteiger charge is -2.06. The van der Waals surface area contributed by atoms with Crippen LogP contribution < -0.4 is 0 Å². The number of aromatic nitrogens is 3. The Balaban J connectivity index is 1.88. The summed E-state index contributed by atoms with van der Waals surface area (Å²) >= 11 is 0.498. The van der Waals surface area contributed by atoms with Crippen LogP contribution in [0.1, 0.15) is 19.8 Å². The predicted octanol–water partition coefficient (Wildman–Crippen LogP) is 5.33. The molecule has 0 aliphatic heterocycles. The van der Waals surface area contributed by atoms with E-state index < -0.39 is 11.2 Å². The summed E-state index contributed by atoms with van der Waals surface area (Å²) in [5.74, 6) is 1.28. The first-order valence-corrected chi connectivity index (χ1v) is 11.1. The third-order valence-corrected chi connectivity index (χ3v) is 7.08. The Hall–Kier alpha value is -2.28. The van der Waals surface area contributed by atoms with Gasteiger partial charge in [-0.3, -0.25) is 4.98 Å². The first-order chi connectivity index (χ1) is 13.3. The summed E-state index contributed by atoms with van der Waals surface area (Å²) in [5, 5.41) is 0.950. The van der Waals surface area contributed by atoms with Crippen molar-refractivity contribution in [3.63, 3.8) is 0 Å². The van der Waals surface area contributed by atoms with E-state index in [2.05, 4.69) is 11.9 Å². The number of hydrogen-bond donors (Lipinski definition) is 0. The predicted molar refractivity (Wildman–Crippen MR) is 112 cm³/mol. The van der Waals surface area contributed by atoms with E-state index in [1.54, 1.807) is 6.20 Å². The second-order valence-corrected chi connectivity index (χ2v) is 8.99. The van der Waals surface area contributed by atoms with Crippen LogP contribution in [0.4, 0.5) is 0 Å². The van der Waals surface area contributed by atoms with Crippen molar-refractivity contribution >= 4 is 32.7 Å². The molecular formula is C21H19N3OS2. The van der Waals surface area contributed by atoms with E-state index in [4.69, 9.17) is 9.97 Å². The van der Waals surface area contributed by atoms with E-state index in [-0.39, 0.29) is 0 Å². The Bertz CT molecular complexity index is 1040. The van der Waals surface area contributed by atoms with E-state index >= 15 is 0 Å². The van der Waals surface area contributed by atoms with Crippen molar-refractivity contribution in [1.82, 2.24) is 15.0 Å². The van der Waals surface area contributed by atoms with Crippen LogP contribution in [0.3, 0.4) is 0 Å². The molecule has 1 atom stereocenters. The molecule has 0 aliphatic carbocycles. The van der Waals surface area contributed by atoms with Gasteiger partial charge in [0, 0.05) is 23.2 Å². The topological polar surface area (TPSA) is 61.7 Å². The number of benzene rings is 1. The average Bonchev–Trinajstić information content (AvgIpc) is 3.17. The van der Waals surface area contributed by atoms with Gasteiger partial charge < -0.3 is 4.55 Å². The molecule has 0 saturated carbocycles. The summed E-state index contributed by atoms with van der Waals surface area (Å²) in [4.78, 5) is 14.8. The van der Waals surface area contributed by atoms with Crippen LogP contribution in [-0.4, -0.2) is 25.3 Å². The van der Waals surface area contributed by atoms with Gasteiger partial charge in [0.15, 0.2) is 5.82 Å². The summed E-state index contributed by atoms with van der Waals surface area (Å²) in [6, 6.07) is 17.8. The normalized spacial score (nSPS) is 12.4. The van der Waals surface area contributed by atoms with Crippen molar-refractivity contribution < 1.29 is 4.55 Å². The van der Waals surface area contributed by atoms with Crippen molar-refractivity contribution in [1.29, 1.82) is 0 Å². The largest absolute Gasteiger partial charge is 0.611 e. The van der Waals surface area contributed by atoms with E-state index in [9.17, 15) is 4.55 Å². The molecule has 1 unspecified atom stereocenters. The molecule has 6 heteroatoms. The Kier molecular flexibility index (Phi) is 5.48. The minimum atomic E-state index is -0.997. The van der Waals surface area contributed by atoms with Crippen LogP contribution in [-0.2, 0) is 11.2 Å². The third-order valence-electron chi connectivity index (χ3n) is 4.22. The molecule has 27 heavy (non-hydrogen) atoms. The van der Waals surface area contributed by atoms with Gasteiger partial charge in [-0.15, -0.1) is 0 Å². The van der Waals surface area contributed by atoms with Crippen LogP contribution in [0.15, 0.2) is 65.0 Å². The zero-order chi connectivity index (χ0) is 18.6.